The lowest BCUT2D eigenvalue weighted by atomic mass is 9.88. The predicted molar refractivity (Wildman–Crippen MR) is 75.4 cm³/mol. The van der Waals surface area contributed by atoms with Crippen LogP contribution in [0.4, 0.5) is 0 Å². The van der Waals surface area contributed by atoms with E-state index in [-0.39, 0.29) is 0 Å². The van der Waals surface area contributed by atoms with Gasteiger partial charge >= 0.3 is 0 Å². The molecule has 96 valence electrons. The quantitative estimate of drug-likeness (QED) is 0.776. The van der Waals surface area contributed by atoms with Crippen molar-refractivity contribution in [2.45, 2.75) is 25.3 Å². The summed E-state index contributed by atoms with van der Waals surface area (Å²) >= 11 is 0. The molecule has 0 amide bonds. The van der Waals surface area contributed by atoms with Crippen molar-refractivity contribution in [3.05, 3.63) is 36.0 Å². The predicted octanol–water partition coefficient (Wildman–Crippen LogP) is 2.56. The van der Waals surface area contributed by atoms with Crippen LogP contribution in [-0.4, -0.2) is 18.1 Å². The van der Waals surface area contributed by atoms with Crippen molar-refractivity contribution in [3.8, 4) is 0 Å². The average molecular weight is 243 g/mol. The van der Waals surface area contributed by atoms with Crippen LogP contribution >= 0.6 is 0 Å². The van der Waals surface area contributed by atoms with E-state index in [0.29, 0.717) is 6.04 Å². The van der Waals surface area contributed by atoms with Crippen molar-refractivity contribution >= 4 is 10.9 Å². The molecule has 18 heavy (non-hydrogen) atoms. The smallest absolute Gasteiger partial charge is 0.0502 e. The number of piperidine rings is 1. The van der Waals surface area contributed by atoms with Gasteiger partial charge in [-0.05, 0) is 55.3 Å². The van der Waals surface area contributed by atoms with Gasteiger partial charge in [-0.3, -0.25) is 0 Å². The second-order valence-corrected chi connectivity index (χ2v) is 5.27. The third-order valence-corrected chi connectivity index (χ3v) is 4.09. The van der Waals surface area contributed by atoms with Crippen molar-refractivity contribution in [2.75, 3.05) is 13.1 Å². The van der Waals surface area contributed by atoms with Crippen LogP contribution < -0.4 is 11.1 Å². The summed E-state index contributed by atoms with van der Waals surface area (Å²) in [5.74, 6) is 0.758. The maximum Gasteiger partial charge on any atom is 0.0502 e. The Hall–Kier alpha value is -1.32. The van der Waals surface area contributed by atoms with Gasteiger partial charge in [-0.1, -0.05) is 18.2 Å². The van der Waals surface area contributed by atoms with Crippen molar-refractivity contribution in [1.29, 1.82) is 0 Å². The molecule has 0 radical (unpaired) electrons. The number of hydrogen-bond donors (Lipinski definition) is 3. The number of H-pyrrole nitrogens is 1. The van der Waals surface area contributed by atoms with E-state index >= 15 is 0 Å². The Morgan fingerprint density at radius 3 is 2.94 bits per heavy atom. The summed E-state index contributed by atoms with van der Waals surface area (Å²) in [7, 11) is 0. The van der Waals surface area contributed by atoms with Crippen molar-refractivity contribution < 1.29 is 0 Å². The fourth-order valence-corrected chi connectivity index (χ4v) is 3.06. The molecule has 3 nitrogen and oxygen atoms in total. The van der Waals surface area contributed by atoms with Gasteiger partial charge in [0.15, 0.2) is 0 Å². The van der Waals surface area contributed by atoms with Crippen LogP contribution in [0.3, 0.4) is 0 Å². The van der Waals surface area contributed by atoms with Gasteiger partial charge in [-0.2, -0.15) is 0 Å². The fraction of sp³-hybridized carbons (Fsp3) is 0.467. The Morgan fingerprint density at radius 2 is 2.17 bits per heavy atom. The number of nitrogens with two attached hydrogens (primary N) is 1. The number of fused-ring (bicyclic) bond motifs is 1. The summed E-state index contributed by atoms with van der Waals surface area (Å²) in [4.78, 5) is 3.36. The van der Waals surface area contributed by atoms with Gasteiger partial charge in [0, 0.05) is 12.2 Å². The third kappa shape index (κ3) is 2.16. The number of rotatable bonds is 3. The molecule has 0 saturated carbocycles. The summed E-state index contributed by atoms with van der Waals surface area (Å²) < 4.78 is 0. The highest BCUT2D eigenvalue weighted by Gasteiger charge is 2.22. The van der Waals surface area contributed by atoms with Crippen LogP contribution in [0.1, 0.15) is 30.9 Å². The molecule has 1 fully saturated rings. The molecule has 3 rings (SSSR count). The van der Waals surface area contributed by atoms with Gasteiger partial charge in [-0.15, -0.1) is 0 Å². The highest BCUT2D eigenvalue weighted by atomic mass is 14.9. The number of para-hydroxylation sites is 1. The zero-order valence-corrected chi connectivity index (χ0v) is 10.7. The van der Waals surface area contributed by atoms with Crippen LogP contribution in [-0.2, 0) is 0 Å². The molecule has 4 N–H and O–H groups in total. The summed E-state index contributed by atoms with van der Waals surface area (Å²) in [6.45, 7) is 1.90. The molecular formula is C15H21N3. The lowest BCUT2D eigenvalue weighted by Gasteiger charge is -2.30. The zero-order valence-electron chi connectivity index (χ0n) is 10.7. The Balaban J connectivity index is 1.78. The highest BCUT2D eigenvalue weighted by Crippen LogP contribution is 2.30. The summed E-state index contributed by atoms with van der Waals surface area (Å²) in [6.07, 6.45) is 5.66. The van der Waals surface area contributed by atoms with Crippen LogP contribution in [0, 0.1) is 5.92 Å². The molecule has 3 heteroatoms. The maximum atomic E-state index is 5.63. The SMILES string of the molecule is NCCC1CCC(c2cccc3cc[nH]c23)NC1. The first-order valence-corrected chi connectivity index (χ1v) is 6.88. The Kier molecular flexibility index (Phi) is 3.35. The molecule has 0 spiro atoms. The zero-order chi connectivity index (χ0) is 12.4. The van der Waals surface area contributed by atoms with Crippen LogP contribution in [0.25, 0.3) is 10.9 Å². The van der Waals surface area contributed by atoms with E-state index in [0.717, 1.165) is 25.4 Å². The van der Waals surface area contributed by atoms with E-state index in [4.69, 9.17) is 5.73 Å². The van der Waals surface area contributed by atoms with Crippen LogP contribution in [0.2, 0.25) is 0 Å². The van der Waals surface area contributed by atoms with E-state index in [1.807, 2.05) is 6.20 Å². The summed E-state index contributed by atoms with van der Waals surface area (Å²) in [6, 6.07) is 9.18. The molecule has 1 aromatic heterocycles. The molecule has 1 aliphatic rings. The monoisotopic (exact) mass is 243 g/mol. The van der Waals surface area contributed by atoms with Gasteiger partial charge < -0.3 is 16.0 Å². The van der Waals surface area contributed by atoms with Gasteiger partial charge in [0.2, 0.25) is 0 Å². The molecule has 1 saturated heterocycles. The van der Waals surface area contributed by atoms with Crippen molar-refractivity contribution in [3.63, 3.8) is 0 Å². The Bertz CT molecular complexity index is 509. The average Bonchev–Trinajstić information content (AvgIpc) is 2.88. The maximum absolute atomic E-state index is 5.63. The van der Waals surface area contributed by atoms with E-state index in [9.17, 15) is 0 Å². The molecule has 2 heterocycles. The standard InChI is InChI=1S/C15H21N3/c16-8-6-11-4-5-14(18-10-11)13-3-1-2-12-7-9-17-15(12)13/h1-3,7,9,11,14,17-18H,4-6,8,10,16H2. The second-order valence-electron chi connectivity index (χ2n) is 5.27. The number of nitrogens with one attached hydrogen (secondary N) is 2. The minimum absolute atomic E-state index is 0.487. The van der Waals surface area contributed by atoms with Gasteiger partial charge in [0.05, 0.1) is 5.52 Å². The van der Waals surface area contributed by atoms with Crippen molar-refractivity contribution in [2.24, 2.45) is 11.7 Å². The number of aromatic nitrogens is 1. The first-order chi connectivity index (χ1) is 8.88. The van der Waals surface area contributed by atoms with E-state index in [2.05, 4.69) is 34.6 Å². The molecule has 2 aromatic rings. The highest BCUT2D eigenvalue weighted by molar-refractivity contribution is 5.82. The molecule has 1 aliphatic heterocycles. The molecule has 1 aromatic carbocycles. The van der Waals surface area contributed by atoms with Crippen LogP contribution in [0.15, 0.2) is 30.5 Å². The van der Waals surface area contributed by atoms with E-state index in [1.165, 1.54) is 29.3 Å². The molecule has 0 aliphatic carbocycles. The fourth-order valence-electron chi connectivity index (χ4n) is 3.06. The molecular weight excluding hydrogens is 222 g/mol. The van der Waals surface area contributed by atoms with Crippen LogP contribution in [0.5, 0.6) is 0 Å². The lowest BCUT2D eigenvalue weighted by molar-refractivity contribution is 0.304. The normalized spacial score (nSPS) is 24.5. The molecule has 0 bridgehead atoms. The first-order valence-electron chi connectivity index (χ1n) is 6.88. The van der Waals surface area contributed by atoms with E-state index in [1.54, 1.807) is 0 Å². The number of hydrogen-bond acceptors (Lipinski definition) is 2. The number of benzene rings is 1. The second kappa shape index (κ2) is 5.12. The van der Waals surface area contributed by atoms with Gasteiger partial charge in [-0.25, -0.2) is 0 Å². The minimum Gasteiger partial charge on any atom is -0.361 e. The molecule has 2 unspecified atom stereocenters. The Morgan fingerprint density at radius 1 is 1.22 bits per heavy atom. The summed E-state index contributed by atoms with van der Waals surface area (Å²) in [5, 5.41) is 4.98. The largest absolute Gasteiger partial charge is 0.361 e. The van der Waals surface area contributed by atoms with Gasteiger partial charge in [0.1, 0.15) is 0 Å². The molecule has 2 atom stereocenters. The first kappa shape index (κ1) is 11.8. The van der Waals surface area contributed by atoms with Crippen molar-refractivity contribution in [1.82, 2.24) is 10.3 Å². The third-order valence-electron chi connectivity index (χ3n) is 4.09. The topological polar surface area (TPSA) is 53.8 Å². The number of aromatic amines is 1. The Labute approximate surface area is 108 Å². The minimum atomic E-state index is 0.487. The lowest BCUT2D eigenvalue weighted by Crippen LogP contribution is -2.34. The van der Waals surface area contributed by atoms with E-state index < -0.39 is 0 Å². The summed E-state index contributed by atoms with van der Waals surface area (Å²) in [5.41, 5.74) is 8.32. The van der Waals surface area contributed by atoms with Gasteiger partial charge in [0.25, 0.3) is 0 Å².